The predicted molar refractivity (Wildman–Crippen MR) is 120 cm³/mol. The zero-order chi connectivity index (χ0) is 22.6. The van der Waals surface area contributed by atoms with Gasteiger partial charge in [0.1, 0.15) is 12.3 Å². The summed E-state index contributed by atoms with van der Waals surface area (Å²) >= 11 is 6.15. The lowest BCUT2D eigenvalue weighted by Gasteiger charge is -2.36. The van der Waals surface area contributed by atoms with Crippen LogP contribution in [-0.2, 0) is 14.8 Å². The second-order valence-electron chi connectivity index (χ2n) is 7.56. The second-order valence-corrected chi connectivity index (χ2v) is 9.86. The van der Waals surface area contributed by atoms with Gasteiger partial charge in [0, 0.05) is 12.1 Å². The number of nitrogens with zero attached hydrogens (tertiary/aromatic N) is 2. The Balaban J connectivity index is 2.01. The normalized spacial score (nSPS) is 19.0. The summed E-state index contributed by atoms with van der Waals surface area (Å²) in [6, 6.07) is 12.2. The molecule has 2 aromatic carbocycles. The Kier molecular flexibility index (Phi) is 7.46. The smallest absolute Gasteiger partial charge is 0.264 e. The van der Waals surface area contributed by atoms with Crippen LogP contribution in [-0.4, -0.2) is 57.2 Å². The number of hydrogen-bond acceptors (Lipinski definition) is 5. The van der Waals surface area contributed by atoms with Gasteiger partial charge < -0.3 is 14.7 Å². The average molecular weight is 467 g/mol. The number of methoxy groups -OCH3 is 1. The fourth-order valence-electron chi connectivity index (χ4n) is 3.84. The van der Waals surface area contributed by atoms with E-state index in [0.29, 0.717) is 17.9 Å². The summed E-state index contributed by atoms with van der Waals surface area (Å²) < 4.78 is 33.4. The first-order chi connectivity index (χ1) is 14.8. The van der Waals surface area contributed by atoms with E-state index in [1.54, 1.807) is 37.4 Å². The first-order valence-electron chi connectivity index (χ1n) is 10.1. The Morgan fingerprint density at radius 1 is 1.16 bits per heavy atom. The summed E-state index contributed by atoms with van der Waals surface area (Å²) in [5, 5.41) is 10.6. The number of likely N-dealkylation sites (N-methyl/N-ethyl adjacent to an activating group) is 1. The fraction of sp³-hybridized carbons (Fsp3) is 0.409. The van der Waals surface area contributed by atoms with Crippen molar-refractivity contribution < 1.29 is 23.1 Å². The summed E-state index contributed by atoms with van der Waals surface area (Å²) in [7, 11) is -1.07. The highest BCUT2D eigenvalue weighted by Crippen LogP contribution is 2.35. The maximum atomic E-state index is 13.5. The van der Waals surface area contributed by atoms with Crippen LogP contribution in [0.25, 0.3) is 0 Å². The number of amides is 1. The van der Waals surface area contributed by atoms with E-state index in [4.69, 9.17) is 16.3 Å². The van der Waals surface area contributed by atoms with Crippen molar-refractivity contribution in [2.75, 3.05) is 25.0 Å². The molecule has 0 radical (unpaired) electrons. The molecule has 1 fully saturated rings. The summed E-state index contributed by atoms with van der Waals surface area (Å²) in [5.74, 6) is -0.149. The third-order valence-electron chi connectivity index (χ3n) is 5.60. The predicted octanol–water partition coefficient (Wildman–Crippen LogP) is 3.31. The quantitative estimate of drug-likeness (QED) is 0.676. The highest BCUT2D eigenvalue weighted by atomic mass is 35.5. The summed E-state index contributed by atoms with van der Waals surface area (Å²) in [6.45, 7) is -0.451. The largest absolute Gasteiger partial charge is 0.495 e. The molecule has 2 aromatic rings. The number of hydrogen-bond donors (Lipinski definition) is 1. The lowest BCUT2D eigenvalue weighted by atomic mass is 9.91. The molecule has 0 spiro atoms. The van der Waals surface area contributed by atoms with Crippen LogP contribution in [0.1, 0.15) is 25.7 Å². The molecule has 1 amide bonds. The van der Waals surface area contributed by atoms with Gasteiger partial charge in [-0.3, -0.25) is 9.10 Å². The molecule has 168 valence electrons. The van der Waals surface area contributed by atoms with Crippen molar-refractivity contribution in [2.45, 2.75) is 42.7 Å². The van der Waals surface area contributed by atoms with E-state index in [1.165, 1.54) is 30.2 Å². The number of sulfonamides is 1. The third kappa shape index (κ3) is 5.14. The molecule has 1 aliphatic rings. The third-order valence-corrected chi connectivity index (χ3v) is 7.61. The van der Waals surface area contributed by atoms with Crippen LogP contribution >= 0.6 is 11.6 Å². The molecule has 0 bridgehead atoms. The molecule has 2 atom stereocenters. The molecule has 3 rings (SSSR count). The average Bonchev–Trinajstić information content (AvgIpc) is 2.77. The van der Waals surface area contributed by atoms with Crippen molar-refractivity contribution >= 4 is 33.2 Å². The Morgan fingerprint density at radius 3 is 2.48 bits per heavy atom. The van der Waals surface area contributed by atoms with Gasteiger partial charge in [0.25, 0.3) is 10.0 Å². The van der Waals surface area contributed by atoms with Crippen LogP contribution in [0.2, 0.25) is 5.02 Å². The van der Waals surface area contributed by atoms with Gasteiger partial charge in [-0.2, -0.15) is 0 Å². The van der Waals surface area contributed by atoms with Crippen LogP contribution in [0, 0.1) is 0 Å². The van der Waals surface area contributed by atoms with Gasteiger partial charge >= 0.3 is 0 Å². The van der Waals surface area contributed by atoms with Crippen molar-refractivity contribution in [3.05, 3.63) is 53.6 Å². The number of rotatable bonds is 7. The molecule has 1 N–H and O–H groups in total. The number of carbonyl (C=O) groups excluding carboxylic acids is 1. The van der Waals surface area contributed by atoms with E-state index in [0.717, 1.165) is 17.1 Å². The Labute approximate surface area is 188 Å². The minimum atomic E-state index is -4.09. The molecule has 7 nitrogen and oxygen atoms in total. The Hall–Kier alpha value is -2.29. The van der Waals surface area contributed by atoms with Gasteiger partial charge in [0.2, 0.25) is 5.91 Å². The highest BCUT2D eigenvalue weighted by molar-refractivity contribution is 7.92. The molecular formula is C22H27ClN2O5S. The Morgan fingerprint density at radius 2 is 1.84 bits per heavy atom. The number of halogens is 1. The zero-order valence-electron chi connectivity index (χ0n) is 17.6. The molecular weight excluding hydrogens is 440 g/mol. The van der Waals surface area contributed by atoms with Gasteiger partial charge in [0.15, 0.2) is 0 Å². The van der Waals surface area contributed by atoms with Crippen LogP contribution in [0.5, 0.6) is 5.75 Å². The van der Waals surface area contributed by atoms with E-state index in [9.17, 15) is 18.3 Å². The molecule has 31 heavy (non-hydrogen) atoms. The maximum absolute atomic E-state index is 13.5. The van der Waals surface area contributed by atoms with Crippen molar-refractivity contribution in [1.29, 1.82) is 0 Å². The SMILES string of the molecule is COc1ccc(Cl)cc1N(CC(=O)N(C)C1CCCCC1O)S(=O)(=O)c1ccccc1. The number of anilines is 1. The second kappa shape index (κ2) is 9.89. The van der Waals surface area contributed by atoms with Crippen molar-refractivity contribution in [1.82, 2.24) is 4.90 Å². The lowest BCUT2D eigenvalue weighted by molar-refractivity contribution is -0.133. The molecule has 0 aliphatic heterocycles. The van der Waals surface area contributed by atoms with E-state index in [2.05, 4.69) is 0 Å². The highest BCUT2D eigenvalue weighted by Gasteiger charge is 2.34. The first-order valence-corrected chi connectivity index (χ1v) is 11.9. The van der Waals surface area contributed by atoms with Gasteiger partial charge in [-0.15, -0.1) is 0 Å². The fourth-order valence-corrected chi connectivity index (χ4v) is 5.44. The molecule has 0 saturated heterocycles. The molecule has 1 aliphatic carbocycles. The zero-order valence-corrected chi connectivity index (χ0v) is 19.1. The van der Waals surface area contributed by atoms with Crippen molar-refractivity contribution in [3.63, 3.8) is 0 Å². The molecule has 2 unspecified atom stereocenters. The number of benzene rings is 2. The van der Waals surface area contributed by atoms with Gasteiger partial charge in [0.05, 0.1) is 29.8 Å². The minimum absolute atomic E-state index is 0.0465. The maximum Gasteiger partial charge on any atom is 0.264 e. The molecule has 1 saturated carbocycles. The summed E-state index contributed by atoms with van der Waals surface area (Å²) in [4.78, 5) is 14.7. The van der Waals surface area contributed by atoms with Gasteiger partial charge in [-0.1, -0.05) is 42.6 Å². The number of aliphatic hydroxyl groups excluding tert-OH is 1. The minimum Gasteiger partial charge on any atom is -0.495 e. The van der Waals surface area contributed by atoms with Crippen molar-refractivity contribution in [2.24, 2.45) is 0 Å². The van der Waals surface area contributed by atoms with E-state index in [1.807, 2.05) is 0 Å². The summed E-state index contributed by atoms with van der Waals surface area (Å²) in [5.41, 5.74) is 0.171. The van der Waals surface area contributed by atoms with Gasteiger partial charge in [-0.05, 0) is 43.2 Å². The molecule has 0 aromatic heterocycles. The van der Waals surface area contributed by atoms with E-state index < -0.39 is 28.6 Å². The first kappa shape index (κ1) is 23.4. The number of ether oxygens (including phenoxy) is 1. The topological polar surface area (TPSA) is 87.2 Å². The van der Waals surface area contributed by atoms with Crippen LogP contribution in [0.3, 0.4) is 0 Å². The number of carbonyl (C=O) groups is 1. The van der Waals surface area contributed by atoms with Crippen LogP contribution in [0.15, 0.2) is 53.4 Å². The number of aliphatic hydroxyl groups is 1. The van der Waals surface area contributed by atoms with E-state index >= 15 is 0 Å². The van der Waals surface area contributed by atoms with Crippen molar-refractivity contribution in [3.8, 4) is 5.75 Å². The van der Waals surface area contributed by atoms with Gasteiger partial charge in [-0.25, -0.2) is 8.42 Å². The van der Waals surface area contributed by atoms with Crippen LogP contribution < -0.4 is 9.04 Å². The van der Waals surface area contributed by atoms with Crippen LogP contribution in [0.4, 0.5) is 5.69 Å². The molecule has 0 heterocycles. The lowest BCUT2D eigenvalue weighted by Crippen LogP contribution is -2.50. The molecule has 9 heteroatoms. The van der Waals surface area contributed by atoms with E-state index in [-0.39, 0.29) is 22.4 Å². The monoisotopic (exact) mass is 466 g/mol. The standard InChI is InChI=1S/C22H27ClN2O5S/c1-24(18-10-6-7-11-20(18)26)22(27)15-25(19-14-16(23)12-13-21(19)30-2)31(28,29)17-8-4-3-5-9-17/h3-5,8-9,12-14,18,20,26H,6-7,10-11,15H2,1-2H3. The summed E-state index contributed by atoms with van der Waals surface area (Å²) in [6.07, 6.45) is 2.50. The Bertz CT molecular complexity index is 1020.